The number of tetrazole rings is 1. The monoisotopic (exact) mass is 558 g/mol. The van der Waals surface area contributed by atoms with Crippen molar-refractivity contribution < 1.29 is 33.7 Å². The van der Waals surface area contributed by atoms with Crippen molar-refractivity contribution in [1.29, 1.82) is 0 Å². The number of nitro groups is 2. The Kier molecular flexibility index (Phi) is 11.4. The molecule has 0 unspecified atom stereocenters. The van der Waals surface area contributed by atoms with E-state index >= 15 is 0 Å². The van der Waals surface area contributed by atoms with Gasteiger partial charge in [0.15, 0.2) is 0 Å². The van der Waals surface area contributed by atoms with E-state index in [1.54, 1.807) is 19.9 Å². The van der Waals surface area contributed by atoms with Crippen molar-refractivity contribution >= 4 is 29.4 Å². The van der Waals surface area contributed by atoms with Gasteiger partial charge < -0.3 is 29.7 Å². The van der Waals surface area contributed by atoms with Crippen LogP contribution in [-0.4, -0.2) is 71.0 Å². The third-order valence-corrected chi connectivity index (χ3v) is 4.90. The molecule has 17 heteroatoms. The second-order valence-corrected chi connectivity index (χ2v) is 8.41. The molecule has 3 heterocycles. The van der Waals surface area contributed by atoms with Gasteiger partial charge in [0.1, 0.15) is 6.61 Å². The van der Waals surface area contributed by atoms with Gasteiger partial charge in [-0.3, -0.25) is 14.4 Å². The number of carbonyl (C=O) groups is 3. The molecule has 0 aliphatic carbocycles. The minimum atomic E-state index is -0.654. The van der Waals surface area contributed by atoms with E-state index < -0.39 is 21.8 Å². The zero-order chi connectivity index (χ0) is 29.8. The van der Waals surface area contributed by atoms with Crippen molar-refractivity contribution in [3.8, 4) is 11.5 Å². The summed E-state index contributed by atoms with van der Waals surface area (Å²) < 4.78 is 11.1. The van der Waals surface area contributed by atoms with Gasteiger partial charge in [0.25, 0.3) is 0 Å². The minimum absolute atomic E-state index is 0.0453. The molecule has 0 saturated heterocycles. The average Bonchev–Trinajstić information content (AvgIpc) is 3.41. The highest BCUT2D eigenvalue weighted by molar-refractivity contribution is 5.94. The highest BCUT2D eigenvalue weighted by Gasteiger charge is 2.22. The van der Waals surface area contributed by atoms with Crippen molar-refractivity contribution in [1.82, 2.24) is 30.2 Å². The van der Waals surface area contributed by atoms with Gasteiger partial charge in [-0.15, -0.1) is 5.10 Å². The number of carbonyl (C=O) groups excluding carboxylic acids is 3. The molecular formula is C23H26N8O9. The lowest BCUT2D eigenvalue weighted by atomic mass is 10.0. The topological polar surface area (TPSA) is 225 Å². The van der Waals surface area contributed by atoms with Crippen LogP contribution in [0.5, 0.6) is 0 Å². The molecule has 212 valence electrons. The van der Waals surface area contributed by atoms with Crippen LogP contribution in [0.4, 0.5) is 11.6 Å². The number of ether oxygens (including phenoxy) is 2. The number of nitrogens with zero attached hydrogens (tertiary/aromatic N) is 8. The summed E-state index contributed by atoms with van der Waals surface area (Å²) in [6.07, 6.45) is 0.113. The van der Waals surface area contributed by atoms with Gasteiger partial charge in [-0.1, -0.05) is 6.92 Å². The predicted molar refractivity (Wildman–Crippen MR) is 135 cm³/mol. The Morgan fingerprint density at radius 1 is 0.900 bits per heavy atom. The standard InChI is InChI=1S/C12H14N2O5.C11H12N6O4/c1-8(7-19-9(2)15)6-11(16)10-4-3-5-12(13-10)14(17)18;1-7(6-21-8(2)18)16-11(13-14-15-16)9-4-3-5-10(12-9)17(19)20/h3-5,8H,6-7H2,1-2H3;3-5,7H,6H2,1-2H3/t8-;7-/m01/s1. The summed E-state index contributed by atoms with van der Waals surface area (Å²) in [7, 11) is 0. The molecule has 0 saturated carbocycles. The number of esters is 2. The fraction of sp³-hybridized carbons (Fsp3) is 0.391. The molecule has 0 radical (unpaired) electrons. The van der Waals surface area contributed by atoms with Crippen LogP contribution >= 0.6 is 0 Å². The molecular weight excluding hydrogens is 532 g/mol. The van der Waals surface area contributed by atoms with Crippen LogP contribution in [0.3, 0.4) is 0 Å². The zero-order valence-corrected chi connectivity index (χ0v) is 22.0. The van der Waals surface area contributed by atoms with Crippen LogP contribution in [0.2, 0.25) is 0 Å². The Labute approximate surface area is 226 Å². The molecule has 0 aromatic carbocycles. The van der Waals surface area contributed by atoms with Gasteiger partial charge in [0, 0.05) is 32.4 Å². The number of aromatic nitrogens is 6. The first kappa shape index (κ1) is 31.0. The fourth-order valence-corrected chi connectivity index (χ4v) is 3.04. The first-order valence-electron chi connectivity index (χ1n) is 11.7. The second kappa shape index (κ2) is 14.6. The van der Waals surface area contributed by atoms with Crippen LogP contribution in [0.25, 0.3) is 11.5 Å². The summed E-state index contributed by atoms with van der Waals surface area (Å²) in [6, 6.07) is 8.06. The van der Waals surface area contributed by atoms with E-state index in [0.29, 0.717) is 0 Å². The van der Waals surface area contributed by atoms with Crippen molar-refractivity contribution in [2.45, 2.75) is 40.2 Å². The lowest BCUT2D eigenvalue weighted by Crippen LogP contribution is -2.17. The molecule has 0 bridgehead atoms. The molecule has 0 aliphatic heterocycles. The van der Waals surface area contributed by atoms with E-state index in [1.807, 2.05) is 0 Å². The van der Waals surface area contributed by atoms with Crippen LogP contribution in [0, 0.1) is 26.1 Å². The van der Waals surface area contributed by atoms with E-state index in [9.17, 15) is 34.6 Å². The number of ketones is 1. The fourth-order valence-electron chi connectivity index (χ4n) is 3.04. The van der Waals surface area contributed by atoms with Gasteiger partial charge in [0.05, 0.1) is 12.6 Å². The van der Waals surface area contributed by atoms with Crippen LogP contribution in [0.15, 0.2) is 36.4 Å². The first-order chi connectivity index (χ1) is 18.9. The lowest BCUT2D eigenvalue weighted by molar-refractivity contribution is -0.389. The van der Waals surface area contributed by atoms with Crippen molar-refractivity contribution in [3.63, 3.8) is 0 Å². The predicted octanol–water partition coefficient (Wildman–Crippen LogP) is 2.53. The molecule has 0 amide bonds. The van der Waals surface area contributed by atoms with E-state index in [2.05, 4.69) is 25.5 Å². The average molecular weight is 559 g/mol. The largest absolute Gasteiger partial charge is 0.466 e. The van der Waals surface area contributed by atoms with Gasteiger partial charge >= 0.3 is 23.6 Å². The zero-order valence-electron chi connectivity index (χ0n) is 22.0. The van der Waals surface area contributed by atoms with E-state index in [4.69, 9.17) is 9.47 Å². The SMILES string of the molecule is CC(=O)OC[C@@H](C)CC(=O)c1cccc([N+](=O)[O-])n1.CC(=O)OC[C@@H](C)n1nnnc1-c1cccc([N+](=O)[O-])n1. The summed E-state index contributed by atoms with van der Waals surface area (Å²) >= 11 is 0. The van der Waals surface area contributed by atoms with Crippen molar-refractivity contribution in [2.75, 3.05) is 13.2 Å². The maximum atomic E-state index is 11.8. The molecule has 3 aromatic heterocycles. The molecule has 17 nitrogen and oxygen atoms in total. The van der Waals surface area contributed by atoms with Crippen molar-refractivity contribution in [3.05, 3.63) is 62.3 Å². The van der Waals surface area contributed by atoms with Crippen LogP contribution in [0.1, 0.15) is 50.6 Å². The Bertz CT molecular complexity index is 1380. The molecule has 40 heavy (non-hydrogen) atoms. The number of hydrogen-bond acceptors (Lipinski definition) is 14. The lowest BCUT2D eigenvalue weighted by Gasteiger charge is -2.11. The highest BCUT2D eigenvalue weighted by atomic mass is 16.6. The first-order valence-corrected chi connectivity index (χ1v) is 11.7. The maximum absolute atomic E-state index is 11.8. The van der Waals surface area contributed by atoms with Gasteiger partial charge in [-0.2, -0.15) is 0 Å². The molecule has 0 N–H and O–H groups in total. The molecule has 0 aliphatic rings. The van der Waals surface area contributed by atoms with Crippen molar-refractivity contribution in [2.24, 2.45) is 5.92 Å². The van der Waals surface area contributed by atoms with E-state index in [1.165, 1.54) is 48.9 Å². The van der Waals surface area contributed by atoms with Crippen LogP contribution < -0.4 is 0 Å². The van der Waals surface area contributed by atoms with Gasteiger partial charge in [-0.25, -0.2) is 4.68 Å². The number of Topliss-reactive ketones (excluding diaryl/α,β-unsaturated/α-hetero) is 1. The summed E-state index contributed by atoms with van der Waals surface area (Å²) in [4.78, 5) is 60.9. The Morgan fingerprint density at radius 2 is 1.48 bits per heavy atom. The third kappa shape index (κ3) is 9.58. The maximum Gasteiger partial charge on any atom is 0.364 e. The second-order valence-electron chi connectivity index (χ2n) is 8.41. The normalized spacial score (nSPS) is 11.8. The Balaban J connectivity index is 0.000000282. The number of hydrogen-bond donors (Lipinski definition) is 0. The third-order valence-electron chi connectivity index (χ3n) is 4.90. The molecule has 2 atom stereocenters. The quantitative estimate of drug-likeness (QED) is 0.143. The minimum Gasteiger partial charge on any atom is -0.466 e. The summed E-state index contributed by atoms with van der Waals surface area (Å²) in [5.41, 5.74) is 0.313. The number of pyridine rings is 2. The highest BCUT2D eigenvalue weighted by Crippen LogP contribution is 2.20. The molecule has 0 fully saturated rings. The smallest absolute Gasteiger partial charge is 0.364 e. The van der Waals surface area contributed by atoms with Crippen LogP contribution in [-0.2, 0) is 19.1 Å². The molecule has 3 rings (SSSR count). The van der Waals surface area contributed by atoms with Gasteiger partial charge in [0.2, 0.25) is 23.0 Å². The molecule has 3 aromatic rings. The number of rotatable bonds is 11. The summed E-state index contributed by atoms with van der Waals surface area (Å²) in [5.74, 6) is -1.70. The summed E-state index contributed by atoms with van der Waals surface area (Å²) in [5, 5.41) is 32.4. The van der Waals surface area contributed by atoms with E-state index in [-0.39, 0.29) is 66.2 Å². The molecule has 0 spiro atoms. The summed E-state index contributed by atoms with van der Waals surface area (Å²) in [6.45, 7) is 6.31. The Hall–Kier alpha value is -5.22. The van der Waals surface area contributed by atoms with E-state index in [0.717, 1.165) is 0 Å². The Morgan fingerprint density at radius 3 is 2.08 bits per heavy atom. The van der Waals surface area contributed by atoms with Gasteiger partial charge in [-0.05, 0) is 67.3 Å².